The van der Waals surface area contributed by atoms with E-state index in [4.69, 9.17) is 0 Å². The highest BCUT2D eigenvalue weighted by Crippen LogP contribution is 2.45. The summed E-state index contributed by atoms with van der Waals surface area (Å²) >= 11 is 0. The van der Waals surface area contributed by atoms with Crippen molar-refractivity contribution in [2.45, 2.75) is 58.3 Å². The number of nitriles is 1. The van der Waals surface area contributed by atoms with E-state index in [1.54, 1.807) is 0 Å². The molecule has 176 valence electrons. The summed E-state index contributed by atoms with van der Waals surface area (Å²) in [5.41, 5.74) is 4.12. The molecule has 2 atom stereocenters. The summed E-state index contributed by atoms with van der Waals surface area (Å²) in [6, 6.07) is 31.6. The van der Waals surface area contributed by atoms with Gasteiger partial charge in [0.05, 0.1) is 12.0 Å². The van der Waals surface area contributed by atoms with Gasteiger partial charge in [0.2, 0.25) is 0 Å². The molecule has 4 heteroatoms. The summed E-state index contributed by atoms with van der Waals surface area (Å²) in [7, 11) is 0. The van der Waals surface area contributed by atoms with Gasteiger partial charge < -0.3 is 0 Å². The second kappa shape index (κ2) is 12.7. The molecule has 0 amide bonds. The minimum absolute atomic E-state index is 0.0759. The van der Waals surface area contributed by atoms with Crippen LogP contribution < -0.4 is 0 Å². The van der Waals surface area contributed by atoms with Crippen molar-refractivity contribution in [2.24, 2.45) is 11.8 Å². The van der Waals surface area contributed by atoms with Crippen LogP contribution in [-0.4, -0.2) is 15.4 Å². The van der Waals surface area contributed by atoms with E-state index in [2.05, 4.69) is 103 Å². The van der Waals surface area contributed by atoms with Gasteiger partial charge in [-0.1, -0.05) is 112 Å². The van der Waals surface area contributed by atoms with E-state index >= 15 is 0 Å². The van der Waals surface area contributed by atoms with E-state index in [1.807, 2.05) is 24.3 Å². The van der Waals surface area contributed by atoms with Crippen LogP contribution in [0.15, 0.2) is 84.9 Å². The predicted octanol–water partition coefficient (Wildman–Crippen LogP) is 7.70. The number of unbranched alkanes of at least 4 members (excludes halogenated alkanes) is 1. The number of fused-ring (bicyclic) bond motifs is 1. The lowest BCUT2D eigenvalue weighted by atomic mass is 9.62. The number of rotatable bonds is 9. The van der Waals surface area contributed by atoms with Crippen LogP contribution in [0.1, 0.15) is 64.0 Å². The van der Waals surface area contributed by atoms with Crippen LogP contribution >= 0.6 is 0 Å². The zero-order chi connectivity index (χ0) is 24.2. The molecule has 34 heavy (non-hydrogen) atoms. The van der Waals surface area contributed by atoms with Crippen molar-refractivity contribution >= 4 is 11.0 Å². The monoisotopic (exact) mass is 452 g/mol. The number of hydrogen-bond donors (Lipinski definition) is 1. The number of nitrogens with one attached hydrogen (secondary N) is 1. The van der Waals surface area contributed by atoms with Gasteiger partial charge in [-0.05, 0) is 42.5 Å². The van der Waals surface area contributed by atoms with Crippen molar-refractivity contribution in [3.63, 3.8) is 0 Å². The Hall–Kier alpha value is -3.45. The third kappa shape index (κ3) is 5.91. The first-order chi connectivity index (χ1) is 16.7. The number of hydrogen-bond acceptors (Lipinski definition) is 3. The molecule has 0 spiro atoms. The number of H-pyrrole nitrogens is 1. The molecule has 1 aromatic heterocycles. The Kier molecular flexibility index (Phi) is 9.40. The molecular weight excluding hydrogens is 416 g/mol. The summed E-state index contributed by atoms with van der Waals surface area (Å²) < 4.78 is 0. The molecule has 2 unspecified atom stereocenters. The molecule has 0 bridgehead atoms. The van der Waals surface area contributed by atoms with Gasteiger partial charge in [0, 0.05) is 5.41 Å². The van der Waals surface area contributed by atoms with Crippen LogP contribution in [0.4, 0.5) is 0 Å². The number of aromatic amines is 1. The number of benzene rings is 3. The minimum atomic E-state index is -0.244. The van der Waals surface area contributed by atoms with Crippen molar-refractivity contribution < 1.29 is 0 Å². The molecule has 4 nitrogen and oxygen atoms in total. The van der Waals surface area contributed by atoms with Gasteiger partial charge in [0.15, 0.2) is 0 Å². The van der Waals surface area contributed by atoms with Crippen LogP contribution in [0.25, 0.3) is 11.0 Å². The van der Waals surface area contributed by atoms with Crippen molar-refractivity contribution in [3.05, 3.63) is 96.1 Å². The smallest absolute Gasteiger partial charge is 0.112 e. The highest BCUT2D eigenvalue weighted by molar-refractivity contribution is 5.72. The number of nitrogens with zero attached hydrogens (tertiary/aromatic N) is 3. The zero-order valence-corrected chi connectivity index (χ0v) is 20.6. The largest absolute Gasteiger partial charge is 0.198 e. The molecule has 0 aliphatic rings. The van der Waals surface area contributed by atoms with Gasteiger partial charge in [0.25, 0.3) is 0 Å². The van der Waals surface area contributed by atoms with Gasteiger partial charge in [-0.25, -0.2) is 0 Å². The molecule has 4 aromatic rings. The average Bonchev–Trinajstić information content (AvgIpc) is 3.39. The summed E-state index contributed by atoms with van der Waals surface area (Å²) in [5, 5.41) is 20.2. The Bertz CT molecular complexity index is 1070. The van der Waals surface area contributed by atoms with E-state index in [9.17, 15) is 5.26 Å². The van der Waals surface area contributed by atoms with E-state index in [0.29, 0.717) is 5.92 Å². The van der Waals surface area contributed by atoms with Crippen LogP contribution in [-0.2, 0) is 5.41 Å². The summed E-state index contributed by atoms with van der Waals surface area (Å²) in [4.78, 5) is 0. The van der Waals surface area contributed by atoms with Crippen LogP contribution in [0.5, 0.6) is 0 Å². The molecule has 3 aromatic carbocycles. The number of aromatic nitrogens is 3. The standard InChI is InChI=1S/C24H31N.C6H5N3/c1-4-6-13-21(5-2)18-24(20(3)19-25,22-14-9-7-10-15-22)23-16-11-8-12-17-23;1-2-4-6-5(3-1)7-9-8-6/h7-12,14-17,20-21H,4-6,13,18H2,1-3H3;1-4H,(H,7,8,9). The first kappa shape index (κ1) is 25.2. The lowest BCUT2D eigenvalue weighted by molar-refractivity contribution is 0.287. The summed E-state index contributed by atoms with van der Waals surface area (Å²) in [6.45, 7) is 6.64. The van der Waals surface area contributed by atoms with E-state index in [-0.39, 0.29) is 11.3 Å². The topological polar surface area (TPSA) is 65.4 Å². The third-order valence-corrected chi connectivity index (χ3v) is 6.89. The molecular formula is C30H36N4. The average molecular weight is 453 g/mol. The Morgan fingerprint density at radius 1 is 0.824 bits per heavy atom. The van der Waals surface area contributed by atoms with Crippen LogP contribution in [0.2, 0.25) is 0 Å². The maximum Gasteiger partial charge on any atom is 0.112 e. The van der Waals surface area contributed by atoms with Crippen molar-refractivity contribution in [1.29, 1.82) is 5.26 Å². The van der Waals surface area contributed by atoms with Gasteiger partial charge in [0.1, 0.15) is 11.0 Å². The molecule has 0 aliphatic heterocycles. The third-order valence-electron chi connectivity index (χ3n) is 6.89. The van der Waals surface area contributed by atoms with Gasteiger partial charge in [-0.3, -0.25) is 0 Å². The fraction of sp³-hybridized carbons (Fsp3) is 0.367. The second-order valence-corrected chi connectivity index (χ2v) is 8.99. The SMILES string of the molecule is CCCCC(CC)CC(c1ccccc1)(c1ccccc1)C(C)C#N.c1ccc2n[nH]nc2c1. The van der Waals surface area contributed by atoms with Crippen LogP contribution in [0.3, 0.4) is 0 Å². The molecule has 0 saturated carbocycles. The van der Waals surface area contributed by atoms with Crippen LogP contribution in [0, 0.1) is 23.2 Å². The van der Waals surface area contributed by atoms with Gasteiger partial charge >= 0.3 is 0 Å². The minimum Gasteiger partial charge on any atom is -0.198 e. The first-order valence-corrected chi connectivity index (χ1v) is 12.4. The van der Waals surface area contributed by atoms with Gasteiger partial charge in [-0.15, -0.1) is 0 Å². The molecule has 1 heterocycles. The molecule has 0 fully saturated rings. The molecule has 1 N–H and O–H groups in total. The fourth-order valence-electron chi connectivity index (χ4n) is 4.85. The summed E-state index contributed by atoms with van der Waals surface area (Å²) in [6.07, 6.45) is 5.94. The maximum atomic E-state index is 9.90. The second-order valence-electron chi connectivity index (χ2n) is 8.99. The highest BCUT2D eigenvalue weighted by atomic mass is 15.3. The summed E-state index contributed by atoms with van der Waals surface area (Å²) in [5.74, 6) is 0.559. The van der Waals surface area contributed by atoms with Crippen molar-refractivity contribution in [1.82, 2.24) is 15.4 Å². The predicted molar refractivity (Wildman–Crippen MR) is 140 cm³/mol. The highest BCUT2D eigenvalue weighted by Gasteiger charge is 2.41. The Balaban J connectivity index is 0.000000296. The molecule has 4 rings (SSSR count). The normalized spacial score (nSPS) is 12.9. The Labute approximate surface area is 204 Å². The number of para-hydroxylation sites is 2. The lowest BCUT2D eigenvalue weighted by Crippen LogP contribution is -2.37. The zero-order valence-electron chi connectivity index (χ0n) is 20.6. The maximum absolute atomic E-state index is 9.90. The van der Waals surface area contributed by atoms with Crippen molar-refractivity contribution in [2.75, 3.05) is 0 Å². The van der Waals surface area contributed by atoms with Crippen molar-refractivity contribution in [3.8, 4) is 6.07 Å². The van der Waals surface area contributed by atoms with E-state index in [1.165, 1.54) is 36.8 Å². The fourth-order valence-corrected chi connectivity index (χ4v) is 4.85. The molecule has 0 saturated heterocycles. The van der Waals surface area contributed by atoms with E-state index in [0.717, 1.165) is 17.5 Å². The molecule has 0 aliphatic carbocycles. The first-order valence-electron chi connectivity index (χ1n) is 12.4. The lowest BCUT2D eigenvalue weighted by Gasteiger charge is -2.40. The quantitative estimate of drug-likeness (QED) is 0.283. The Morgan fingerprint density at radius 3 is 1.76 bits per heavy atom. The van der Waals surface area contributed by atoms with E-state index < -0.39 is 0 Å². The molecule has 0 radical (unpaired) electrons. The van der Waals surface area contributed by atoms with Gasteiger partial charge in [-0.2, -0.15) is 20.7 Å². The Morgan fingerprint density at radius 2 is 1.32 bits per heavy atom.